The number of aromatic nitrogens is 2. The van der Waals surface area contributed by atoms with Crippen LogP contribution >= 0.6 is 0 Å². The van der Waals surface area contributed by atoms with Crippen molar-refractivity contribution < 1.29 is 0 Å². The molecule has 0 bridgehead atoms. The van der Waals surface area contributed by atoms with Gasteiger partial charge in [0.2, 0.25) is 0 Å². The van der Waals surface area contributed by atoms with E-state index < -0.39 is 0 Å². The molecule has 1 aromatic heterocycles. The Morgan fingerprint density at radius 1 is 0.315 bits per heavy atom. The molecule has 10 rings (SSSR count). The maximum absolute atomic E-state index is 5.12. The monoisotopic (exact) mass is 692 g/mol. The summed E-state index contributed by atoms with van der Waals surface area (Å²) in [5.74, 6) is 0.720. The van der Waals surface area contributed by atoms with E-state index in [1.54, 1.807) is 5.56 Å². The zero-order valence-corrected chi connectivity index (χ0v) is 30.3. The highest BCUT2D eigenvalue weighted by Gasteiger charge is 2.43. The van der Waals surface area contributed by atoms with Crippen molar-refractivity contribution in [1.82, 2.24) is 9.97 Å². The summed E-state index contributed by atoms with van der Waals surface area (Å²) >= 11 is 0. The Kier molecular flexibility index (Phi) is 8.10. The second-order valence-corrected chi connectivity index (χ2v) is 14.9. The number of rotatable bonds is 6. The van der Waals surface area contributed by atoms with Gasteiger partial charge in [-0.05, 0) is 86.7 Å². The molecule has 8 aromatic rings. The van der Waals surface area contributed by atoms with E-state index in [4.69, 9.17) is 9.97 Å². The first-order valence-corrected chi connectivity index (χ1v) is 19.3. The smallest absolute Gasteiger partial charge is 0.160 e. The van der Waals surface area contributed by atoms with E-state index in [1.807, 2.05) is 18.2 Å². The molecule has 1 heterocycles. The first kappa shape index (κ1) is 32.3. The summed E-state index contributed by atoms with van der Waals surface area (Å²) in [4.78, 5) is 10.2. The SMILES string of the molecule is c1ccc(-c2ccc(-c3cc(-c4cccc(-c5ccc(-c6ccc7c(c6)C6(CCCCC6)c6ccccc6-7)cc5)c4)nc(-c4ccccc4)n3)cc2)cc1. The van der Waals surface area contributed by atoms with Crippen LogP contribution in [0.3, 0.4) is 0 Å². The van der Waals surface area contributed by atoms with Gasteiger partial charge in [0.05, 0.1) is 11.4 Å². The standard InChI is InChI=1S/C52H40N2/c1-4-13-36(14-5-1)37-25-27-40(28-26-37)49-35-50(54-51(53-49)41-15-6-2-7-16-41)44-18-12-17-42(33-44)38-21-23-39(24-22-38)43-29-30-46-45-19-8-9-20-47(45)52(48(46)34-43)31-10-3-11-32-52/h1-2,4-9,12-30,33-35H,3,10-11,31-32H2. The molecule has 2 aliphatic carbocycles. The third kappa shape index (κ3) is 5.76. The fourth-order valence-electron chi connectivity index (χ4n) is 8.97. The van der Waals surface area contributed by atoms with Gasteiger partial charge in [-0.15, -0.1) is 0 Å². The van der Waals surface area contributed by atoms with Crippen LogP contribution in [0.4, 0.5) is 0 Å². The Balaban J connectivity index is 0.978. The van der Waals surface area contributed by atoms with Crippen LogP contribution in [0.15, 0.2) is 182 Å². The first-order chi connectivity index (χ1) is 26.7. The van der Waals surface area contributed by atoms with Gasteiger partial charge in [-0.3, -0.25) is 0 Å². The third-order valence-electron chi connectivity index (χ3n) is 11.7. The van der Waals surface area contributed by atoms with Crippen molar-refractivity contribution in [3.63, 3.8) is 0 Å². The summed E-state index contributed by atoms with van der Waals surface area (Å²) < 4.78 is 0. The van der Waals surface area contributed by atoms with Gasteiger partial charge in [-0.1, -0.05) is 183 Å². The van der Waals surface area contributed by atoms with Gasteiger partial charge in [0.1, 0.15) is 0 Å². The average molecular weight is 693 g/mol. The summed E-state index contributed by atoms with van der Waals surface area (Å²) in [6, 6.07) is 65.7. The highest BCUT2D eigenvalue weighted by molar-refractivity contribution is 5.85. The normalized spacial score (nSPS) is 14.1. The minimum atomic E-state index is 0.160. The molecule has 2 heteroatoms. The number of fused-ring (bicyclic) bond motifs is 5. The zero-order valence-electron chi connectivity index (χ0n) is 30.3. The molecule has 0 unspecified atom stereocenters. The lowest BCUT2D eigenvalue weighted by Crippen LogP contribution is -2.28. The van der Waals surface area contributed by atoms with E-state index in [9.17, 15) is 0 Å². The molecule has 0 atom stereocenters. The van der Waals surface area contributed by atoms with E-state index in [0.29, 0.717) is 0 Å². The van der Waals surface area contributed by atoms with Gasteiger partial charge in [-0.25, -0.2) is 9.97 Å². The topological polar surface area (TPSA) is 25.8 Å². The largest absolute Gasteiger partial charge is 0.228 e. The second-order valence-electron chi connectivity index (χ2n) is 14.9. The van der Waals surface area contributed by atoms with Crippen LogP contribution in [0.2, 0.25) is 0 Å². The van der Waals surface area contributed by atoms with Gasteiger partial charge < -0.3 is 0 Å². The number of benzene rings is 7. The highest BCUT2D eigenvalue weighted by Crippen LogP contribution is 2.56. The minimum absolute atomic E-state index is 0.160. The predicted octanol–water partition coefficient (Wildman–Crippen LogP) is 13.7. The molecule has 7 aromatic carbocycles. The molecule has 258 valence electrons. The Hall–Kier alpha value is -6.38. The van der Waals surface area contributed by atoms with Gasteiger partial charge >= 0.3 is 0 Å². The van der Waals surface area contributed by atoms with Crippen molar-refractivity contribution in [2.45, 2.75) is 37.5 Å². The minimum Gasteiger partial charge on any atom is -0.228 e. The lowest BCUT2D eigenvalue weighted by molar-refractivity contribution is 0.353. The number of nitrogens with zero attached hydrogens (tertiary/aromatic N) is 2. The van der Waals surface area contributed by atoms with Crippen LogP contribution in [0.1, 0.15) is 43.2 Å². The molecular weight excluding hydrogens is 653 g/mol. The first-order valence-electron chi connectivity index (χ1n) is 19.3. The molecule has 2 nitrogen and oxygen atoms in total. The van der Waals surface area contributed by atoms with E-state index in [-0.39, 0.29) is 5.41 Å². The molecule has 0 N–H and O–H groups in total. The van der Waals surface area contributed by atoms with Crippen LogP contribution in [0.5, 0.6) is 0 Å². The van der Waals surface area contributed by atoms with Crippen molar-refractivity contribution in [1.29, 1.82) is 0 Å². The molecule has 0 saturated heterocycles. The Bertz CT molecular complexity index is 2600. The molecule has 1 spiro atoms. The third-order valence-corrected chi connectivity index (χ3v) is 11.7. The summed E-state index contributed by atoms with van der Waals surface area (Å²) in [5, 5.41) is 0. The summed E-state index contributed by atoms with van der Waals surface area (Å²) in [7, 11) is 0. The maximum Gasteiger partial charge on any atom is 0.160 e. The lowest BCUT2D eigenvalue weighted by atomic mass is 9.67. The van der Waals surface area contributed by atoms with Crippen molar-refractivity contribution in [2.24, 2.45) is 0 Å². The van der Waals surface area contributed by atoms with Crippen LogP contribution in [0.25, 0.3) is 78.4 Å². The van der Waals surface area contributed by atoms with Crippen molar-refractivity contribution in [3.8, 4) is 78.4 Å². The fraction of sp³-hybridized carbons (Fsp3) is 0.115. The molecule has 1 fully saturated rings. The molecule has 0 radical (unpaired) electrons. The fourth-order valence-corrected chi connectivity index (χ4v) is 8.97. The molecular formula is C52H40N2. The van der Waals surface area contributed by atoms with Crippen LogP contribution in [-0.2, 0) is 5.41 Å². The Morgan fingerprint density at radius 2 is 0.796 bits per heavy atom. The number of hydrogen-bond acceptors (Lipinski definition) is 2. The van der Waals surface area contributed by atoms with Crippen molar-refractivity contribution in [2.75, 3.05) is 0 Å². The average Bonchev–Trinajstić information content (AvgIpc) is 3.52. The van der Waals surface area contributed by atoms with E-state index in [1.165, 1.54) is 82.2 Å². The molecule has 2 aliphatic rings. The summed E-state index contributed by atoms with van der Waals surface area (Å²) in [5.41, 5.74) is 18.3. The molecule has 0 aliphatic heterocycles. The van der Waals surface area contributed by atoms with Crippen LogP contribution < -0.4 is 0 Å². The van der Waals surface area contributed by atoms with Crippen LogP contribution in [-0.4, -0.2) is 9.97 Å². The van der Waals surface area contributed by atoms with Gasteiger partial charge in [0.25, 0.3) is 0 Å². The van der Waals surface area contributed by atoms with Crippen molar-refractivity contribution in [3.05, 3.63) is 193 Å². The van der Waals surface area contributed by atoms with E-state index in [2.05, 4.69) is 164 Å². The van der Waals surface area contributed by atoms with E-state index >= 15 is 0 Å². The molecule has 0 amide bonds. The molecule has 54 heavy (non-hydrogen) atoms. The Labute approximate surface area is 317 Å². The second kappa shape index (κ2) is 13.5. The molecule has 1 saturated carbocycles. The summed E-state index contributed by atoms with van der Waals surface area (Å²) in [6.45, 7) is 0. The Morgan fingerprint density at radius 3 is 1.50 bits per heavy atom. The van der Waals surface area contributed by atoms with Crippen molar-refractivity contribution >= 4 is 0 Å². The van der Waals surface area contributed by atoms with Gasteiger partial charge in [-0.2, -0.15) is 0 Å². The van der Waals surface area contributed by atoms with Gasteiger partial charge in [0.15, 0.2) is 5.82 Å². The summed E-state index contributed by atoms with van der Waals surface area (Å²) in [6.07, 6.45) is 6.44. The van der Waals surface area contributed by atoms with Gasteiger partial charge in [0, 0.05) is 22.1 Å². The zero-order chi connectivity index (χ0) is 35.9. The lowest BCUT2D eigenvalue weighted by Gasteiger charge is -2.36. The number of hydrogen-bond donors (Lipinski definition) is 0. The van der Waals surface area contributed by atoms with Crippen LogP contribution in [0, 0.1) is 0 Å². The maximum atomic E-state index is 5.12. The predicted molar refractivity (Wildman–Crippen MR) is 224 cm³/mol. The highest BCUT2D eigenvalue weighted by atomic mass is 14.9. The quantitative estimate of drug-likeness (QED) is 0.173. The van der Waals surface area contributed by atoms with E-state index in [0.717, 1.165) is 33.9 Å².